The van der Waals surface area contributed by atoms with Gasteiger partial charge in [0.2, 0.25) is 0 Å². The van der Waals surface area contributed by atoms with E-state index in [-0.39, 0.29) is 11.7 Å². The summed E-state index contributed by atoms with van der Waals surface area (Å²) in [5.41, 5.74) is 5.64. The van der Waals surface area contributed by atoms with Gasteiger partial charge in [-0.05, 0) is 12.1 Å². The molecule has 6 N–H and O–H groups in total. The van der Waals surface area contributed by atoms with E-state index in [0.717, 1.165) is 19.6 Å². The van der Waals surface area contributed by atoms with E-state index in [0.29, 0.717) is 25.2 Å². The van der Waals surface area contributed by atoms with Gasteiger partial charge in [0.25, 0.3) is 5.91 Å². The number of hydrogen-bond donors (Lipinski definition) is 5. The molecule has 1 aromatic carbocycles. The van der Waals surface area contributed by atoms with Gasteiger partial charge in [-0.15, -0.1) is 0 Å². The van der Waals surface area contributed by atoms with Crippen LogP contribution < -0.4 is 21.7 Å². The third-order valence-electron chi connectivity index (χ3n) is 2.54. The molecule has 0 saturated carbocycles. The molecule has 0 atom stereocenters. The third kappa shape index (κ3) is 6.19. The van der Waals surface area contributed by atoms with E-state index in [1.54, 1.807) is 18.2 Å². The molecular formula is C13H22N4O2. The molecule has 1 aromatic rings. The van der Waals surface area contributed by atoms with Crippen molar-refractivity contribution in [1.29, 1.82) is 0 Å². The van der Waals surface area contributed by atoms with Crippen LogP contribution >= 0.6 is 0 Å². The first-order valence-electron chi connectivity index (χ1n) is 6.43. The Balaban J connectivity index is 2.10. The summed E-state index contributed by atoms with van der Waals surface area (Å²) < 4.78 is 0. The van der Waals surface area contributed by atoms with Crippen molar-refractivity contribution < 1.29 is 9.90 Å². The van der Waals surface area contributed by atoms with Gasteiger partial charge < -0.3 is 26.8 Å². The van der Waals surface area contributed by atoms with Crippen LogP contribution in [0.25, 0.3) is 0 Å². The average molecular weight is 266 g/mol. The van der Waals surface area contributed by atoms with Crippen molar-refractivity contribution in [2.75, 3.05) is 39.3 Å². The number of phenols is 1. The maximum atomic E-state index is 11.7. The summed E-state index contributed by atoms with van der Waals surface area (Å²) in [5.74, 6) is -0.264. The standard InChI is InChI=1S/C13H22N4O2/c14-5-6-15-7-8-16-9-10-17-13(19)11-3-1-2-4-12(11)18/h1-4,15-16,18H,5-10,14H2,(H,17,19). The normalized spacial score (nSPS) is 10.4. The maximum Gasteiger partial charge on any atom is 0.255 e. The van der Waals surface area contributed by atoms with Crippen LogP contribution in [0.3, 0.4) is 0 Å². The van der Waals surface area contributed by atoms with Crippen molar-refractivity contribution in [2.45, 2.75) is 0 Å². The summed E-state index contributed by atoms with van der Waals surface area (Å²) in [6.07, 6.45) is 0. The monoisotopic (exact) mass is 266 g/mol. The van der Waals surface area contributed by atoms with E-state index in [4.69, 9.17) is 5.73 Å². The molecule has 0 saturated heterocycles. The first-order chi connectivity index (χ1) is 9.25. The van der Waals surface area contributed by atoms with Gasteiger partial charge in [0.15, 0.2) is 0 Å². The fourth-order valence-electron chi connectivity index (χ4n) is 1.55. The van der Waals surface area contributed by atoms with Crippen molar-refractivity contribution in [2.24, 2.45) is 5.73 Å². The number of phenolic OH excluding ortho intramolecular Hbond substituents is 1. The van der Waals surface area contributed by atoms with E-state index < -0.39 is 0 Å². The van der Waals surface area contributed by atoms with Crippen LogP contribution in [-0.2, 0) is 0 Å². The Hall–Kier alpha value is -1.63. The zero-order valence-electron chi connectivity index (χ0n) is 11.0. The Bertz CT molecular complexity index is 385. The van der Waals surface area contributed by atoms with Crippen molar-refractivity contribution >= 4 is 5.91 Å². The van der Waals surface area contributed by atoms with Crippen LogP contribution in [0, 0.1) is 0 Å². The molecule has 19 heavy (non-hydrogen) atoms. The largest absolute Gasteiger partial charge is 0.507 e. The predicted molar refractivity (Wildman–Crippen MR) is 75.2 cm³/mol. The minimum absolute atomic E-state index is 0.000978. The Morgan fingerprint density at radius 2 is 1.68 bits per heavy atom. The van der Waals surface area contributed by atoms with Gasteiger partial charge >= 0.3 is 0 Å². The van der Waals surface area contributed by atoms with Gasteiger partial charge in [-0.3, -0.25) is 4.79 Å². The minimum Gasteiger partial charge on any atom is -0.507 e. The zero-order chi connectivity index (χ0) is 13.9. The number of para-hydroxylation sites is 1. The second kappa shape index (κ2) is 9.32. The molecular weight excluding hydrogens is 244 g/mol. The highest BCUT2D eigenvalue weighted by molar-refractivity contribution is 5.96. The second-order valence-corrected chi connectivity index (χ2v) is 4.06. The lowest BCUT2D eigenvalue weighted by Crippen LogP contribution is -2.35. The molecule has 1 amide bonds. The number of carbonyl (C=O) groups is 1. The summed E-state index contributed by atoms with van der Waals surface area (Å²) in [7, 11) is 0. The number of benzene rings is 1. The summed E-state index contributed by atoms with van der Waals surface area (Å²) in [6.45, 7) is 4.33. The van der Waals surface area contributed by atoms with Crippen LogP contribution in [0.2, 0.25) is 0 Å². The lowest BCUT2D eigenvalue weighted by Gasteiger charge is -2.08. The number of nitrogens with two attached hydrogens (primary N) is 1. The molecule has 0 aliphatic carbocycles. The number of hydrogen-bond acceptors (Lipinski definition) is 5. The minimum atomic E-state index is -0.263. The van der Waals surface area contributed by atoms with Gasteiger partial charge in [0.1, 0.15) is 5.75 Å². The maximum absolute atomic E-state index is 11.7. The van der Waals surface area contributed by atoms with E-state index in [9.17, 15) is 9.90 Å². The van der Waals surface area contributed by atoms with E-state index in [1.807, 2.05) is 0 Å². The lowest BCUT2D eigenvalue weighted by molar-refractivity contribution is 0.0951. The van der Waals surface area contributed by atoms with Gasteiger partial charge in [-0.25, -0.2) is 0 Å². The lowest BCUT2D eigenvalue weighted by atomic mass is 10.2. The average Bonchev–Trinajstić information content (AvgIpc) is 2.42. The molecule has 0 radical (unpaired) electrons. The van der Waals surface area contributed by atoms with E-state index >= 15 is 0 Å². The smallest absolute Gasteiger partial charge is 0.255 e. The van der Waals surface area contributed by atoms with Crippen LogP contribution in [0.1, 0.15) is 10.4 Å². The van der Waals surface area contributed by atoms with E-state index in [1.165, 1.54) is 6.07 Å². The molecule has 0 fully saturated rings. The van der Waals surface area contributed by atoms with Crippen molar-refractivity contribution in [1.82, 2.24) is 16.0 Å². The summed E-state index contributed by atoms with van der Waals surface area (Å²) in [4.78, 5) is 11.7. The van der Waals surface area contributed by atoms with Crippen molar-refractivity contribution in [3.63, 3.8) is 0 Å². The summed E-state index contributed by atoms with van der Waals surface area (Å²) >= 11 is 0. The number of rotatable bonds is 9. The highest BCUT2D eigenvalue weighted by atomic mass is 16.3. The molecule has 6 heteroatoms. The zero-order valence-corrected chi connectivity index (χ0v) is 11.0. The molecule has 0 aliphatic rings. The molecule has 1 rings (SSSR count). The first-order valence-corrected chi connectivity index (χ1v) is 6.43. The van der Waals surface area contributed by atoms with Crippen molar-refractivity contribution in [3.05, 3.63) is 29.8 Å². The third-order valence-corrected chi connectivity index (χ3v) is 2.54. The number of nitrogens with one attached hydrogen (secondary N) is 3. The molecule has 0 heterocycles. The van der Waals surface area contributed by atoms with Crippen LogP contribution in [0.5, 0.6) is 5.75 Å². The summed E-state index contributed by atoms with van der Waals surface area (Å²) in [6, 6.07) is 6.49. The molecule has 0 bridgehead atoms. The molecule has 0 aliphatic heterocycles. The van der Waals surface area contributed by atoms with Crippen LogP contribution in [-0.4, -0.2) is 50.3 Å². The highest BCUT2D eigenvalue weighted by Crippen LogP contribution is 2.14. The Labute approximate surface area is 113 Å². The van der Waals surface area contributed by atoms with Crippen LogP contribution in [0.15, 0.2) is 24.3 Å². The first kappa shape index (κ1) is 15.4. The van der Waals surface area contributed by atoms with Gasteiger partial charge in [-0.1, -0.05) is 12.1 Å². The molecule has 0 unspecified atom stereocenters. The Morgan fingerprint density at radius 3 is 2.37 bits per heavy atom. The number of aromatic hydroxyl groups is 1. The quantitative estimate of drug-likeness (QED) is 0.379. The Kier molecular flexibility index (Phi) is 7.57. The fourth-order valence-corrected chi connectivity index (χ4v) is 1.55. The topological polar surface area (TPSA) is 99.4 Å². The molecule has 0 spiro atoms. The predicted octanol–water partition coefficient (Wildman–Crippen LogP) is -0.740. The van der Waals surface area contributed by atoms with Crippen LogP contribution in [0.4, 0.5) is 0 Å². The molecule has 106 valence electrons. The summed E-state index contributed by atoms with van der Waals surface area (Å²) in [5, 5.41) is 18.6. The molecule has 6 nitrogen and oxygen atoms in total. The highest BCUT2D eigenvalue weighted by Gasteiger charge is 2.08. The fraction of sp³-hybridized carbons (Fsp3) is 0.462. The number of carbonyl (C=O) groups excluding carboxylic acids is 1. The Morgan fingerprint density at radius 1 is 1.05 bits per heavy atom. The SMILES string of the molecule is NCCNCCNCCNC(=O)c1ccccc1O. The second-order valence-electron chi connectivity index (χ2n) is 4.06. The molecule has 0 aromatic heterocycles. The van der Waals surface area contributed by atoms with E-state index in [2.05, 4.69) is 16.0 Å². The van der Waals surface area contributed by atoms with Crippen molar-refractivity contribution in [3.8, 4) is 5.75 Å². The van der Waals surface area contributed by atoms with Gasteiger partial charge in [-0.2, -0.15) is 0 Å². The van der Waals surface area contributed by atoms with Gasteiger partial charge in [0, 0.05) is 39.3 Å². The van der Waals surface area contributed by atoms with Gasteiger partial charge in [0.05, 0.1) is 5.56 Å². The number of amides is 1.